The number of hydrogen-bond acceptors (Lipinski definition) is 7. The summed E-state index contributed by atoms with van der Waals surface area (Å²) in [6, 6.07) is 2.64. The van der Waals surface area contributed by atoms with Crippen molar-refractivity contribution in [1.29, 1.82) is 0 Å². The number of allylic oxidation sites excluding steroid dienone is 1. The van der Waals surface area contributed by atoms with Crippen LogP contribution in [-0.2, 0) is 11.3 Å². The number of benzene rings is 1. The van der Waals surface area contributed by atoms with E-state index in [0.29, 0.717) is 22.8 Å². The molecule has 0 atom stereocenters. The van der Waals surface area contributed by atoms with Crippen LogP contribution >= 0.6 is 23.2 Å². The number of ether oxygens (including phenoxy) is 1. The van der Waals surface area contributed by atoms with Crippen LogP contribution in [-0.4, -0.2) is 52.7 Å². The summed E-state index contributed by atoms with van der Waals surface area (Å²) >= 11 is 12.4. The molecule has 0 saturated heterocycles. The first-order valence-corrected chi connectivity index (χ1v) is 10.7. The lowest BCUT2D eigenvalue weighted by Gasteiger charge is -2.37. The zero-order valence-electron chi connectivity index (χ0n) is 19.1. The van der Waals surface area contributed by atoms with Gasteiger partial charge in [0.05, 0.1) is 10.7 Å². The first-order chi connectivity index (χ1) is 15.4. The summed E-state index contributed by atoms with van der Waals surface area (Å²) in [6.45, 7) is 11.5. The van der Waals surface area contributed by atoms with Gasteiger partial charge in [-0.05, 0) is 39.8 Å². The number of halogens is 3. The molecule has 1 aliphatic heterocycles. The molecule has 0 bridgehead atoms. The number of azo groups is 1. The molecular weight excluding hydrogens is 474 g/mol. The molecule has 1 aliphatic rings. The summed E-state index contributed by atoms with van der Waals surface area (Å²) in [5.74, 6) is -0.385. The van der Waals surface area contributed by atoms with E-state index in [-0.39, 0.29) is 35.5 Å². The Morgan fingerprint density at radius 1 is 1.33 bits per heavy atom. The fraction of sp³-hybridized carbons (Fsp3) is 0.429. The Kier molecular flexibility index (Phi) is 8.82. The van der Waals surface area contributed by atoms with Gasteiger partial charge in [0, 0.05) is 37.3 Å². The minimum absolute atomic E-state index is 0.00631. The molecular formula is C21H27Cl2FN6O3. The molecule has 0 spiro atoms. The van der Waals surface area contributed by atoms with Crippen molar-refractivity contribution in [3.05, 3.63) is 57.4 Å². The average Bonchev–Trinajstić information content (AvgIpc) is 2.73. The van der Waals surface area contributed by atoms with Crippen molar-refractivity contribution in [2.45, 2.75) is 39.8 Å². The third kappa shape index (κ3) is 6.66. The first kappa shape index (κ1) is 26.6. The fourth-order valence-electron chi connectivity index (χ4n) is 2.95. The Morgan fingerprint density at radius 3 is 2.58 bits per heavy atom. The Morgan fingerprint density at radius 2 is 2.00 bits per heavy atom. The van der Waals surface area contributed by atoms with Crippen molar-refractivity contribution in [1.82, 2.24) is 15.3 Å². The van der Waals surface area contributed by atoms with Crippen molar-refractivity contribution in [2.24, 2.45) is 15.2 Å². The molecule has 0 unspecified atom stereocenters. The Hall–Kier alpha value is -2.69. The molecule has 0 aliphatic carbocycles. The van der Waals surface area contributed by atoms with E-state index in [1.807, 2.05) is 10.4 Å². The second-order valence-electron chi connectivity index (χ2n) is 8.12. The number of aliphatic imine (C=N–C) groups is 1. The number of nitrogens with zero attached hydrogens (tertiary/aromatic N) is 5. The normalized spacial score (nSPS) is 15.4. The molecule has 0 fully saturated rings. The minimum Gasteiger partial charge on any atom is -0.443 e. The van der Waals surface area contributed by atoms with Gasteiger partial charge in [0.15, 0.2) is 11.7 Å². The topological polar surface area (TPSA) is 102 Å². The SMILES string of the molecule is C=C(/N=N\C1=C(C)N(Cc2c(Cl)ccc(F)c2Cl)CCN1C(=O)OC(C)(C)C)/C(=N/C)NO. The molecule has 2 N–H and O–H groups in total. The number of hydrogen-bond donors (Lipinski definition) is 2. The van der Waals surface area contributed by atoms with Gasteiger partial charge in [0.1, 0.15) is 17.1 Å². The fourth-order valence-corrected chi connectivity index (χ4v) is 3.44. The van der Waals surface area contributed by atoms with Crippen LogP contribution < -0.4 is 5.48 Å². The molecule has 1 amide bonds. The van der Waals surface area contributed by atoms with E-state index < -0.39 is 17.5 Å². The number of nitrogens with one attached hydrogen (secondary N) is 1. The van der Waals surface area contributed by atoms with Gasteiger partial charge in [0.2, 0.25) is 0 Å². The lowest BCUT2D eigenvalue weighted by molar-refractivity contribution is 0.0265. The van der Waals surface area contributed by atoms with E-state index in [0.717, 1.165) is 0 Å². The summed E-state index contributed by atoms with van der Waals surface area (Å²) < 4.78 is 19.5. The second kappa shape index (κ2) is 11.0. The van der Waals surface area contributed by atoms with Crippen LogP contribution in [0.15, 0.2) is 51.1 Å². The van der Waals surface area contributed by atoms with Gasteiger partial charge in [-0.15, -0.1) is 10.2 Å². The highest BCUT2D eigenvalue weighted by atomic mass is 35.5. The predicted octanol–water partition coefficient (Wildman–Crippen LogP) is 5.35. The zero-order chi connectivity index (χ0) is 24.9. The molecule has 0 radical (unpaired) electrons. The quantitative estimate of drug-likeness (QED) is 0.186. The number of rotatable bonds is 5. The monoisotopic (exact) mass is 500 g/mol. The van der Waals surface area contributed by atoms with Gasteiger partial charge in [-0.1, -0.05) is 29.8 Å². The maximum Gasteiger partial charge on any atom is 0.416 e. The molecule has 1 aromatic rings. The summed E-state index contributed by atoms with van der Waals surface area (Å²) in [5, 5.41) is 17.6. The Bertz CT molecular complexity index is 1020. The Labute approximate surface area is 202 Å². The first-order valence-electron chi connectivity index (χ1n) is 9.96. The maximum absolute atomic E-state index is 14.0. The number of amides is 1. The van der Waals surface area contributed by atoms with Gasteiger partial charge >= 0.3 is 6.09 Å². The summed E-state index contributed by atoms with van der Waals surface area (Å²) in [6.07, 6.45) is -0.604. The van der Waals surface area contributed by atoms with E-state index in [4.69, 9.17) is 33.1 Å². The van der Waals surface area contributed by atoms with Crippen LogP contribution in [0.25, 0.3) is 0 Å². The van der Waals surface area contributed by atoms with Crippen LogP contribution in [0, 0.1) is 5.82 Å². The van der Waals surface area contributed by atoms with Crippen molar-refractivity contribution in [3.63, 3.8) is 0 Å². The second-order valence-corrected chi connectivity index (χ2v) is 8.90. The summed E-state index contributed by atoms with van der Waals surface area (Å²) in [4.78, 5) is 19.8. The lowest BCUT2D eigenvalue weighted by atomic mass is 10.1. The smallest absolute Gasteiger partial charge is 0.416 e. The lowest BCUT2D eigenvalue weighted by Crippen LogP contribution is -2.45. The summed E-state index contributed by atoms with van der Waals surface area (Å²) in [5.41, 5.74) is 2.15. The molecule has 33 heavy (non-hydrogen) atoms. The van der Waals surface area contributed by atoms with E-state index >= 15 is 0 Å². The molecule has 1 aromatic carbocycles. The van der Waals surface area contributed by atoms with E-state index in [2.05, 4.69) is 21.8 Å². The standard InChI is InChI=1S/C21H27Cl2FN6O3/c1-12(18(25-6)28-32)26-27-19-13(2)29(9-10-30(19)20(31)33-21(3,4)5)11-14-15(22)7-8-16(24)17(14)23/h7-8,32H,1,9-11H2,2-6H3,(H,25,28)/b27-26-. The van der Waals surface area contributed by atoms with Crippen molar-refractivity contribution >= 4 is 35.1 Å². The molecule has 9 nitrogen and oxygen atoms in total. The number of hydroxylamine groups is 1. The summed E-state index contributed by atoms with van der Waals surface area (Å²) in [7, 11) is 1.44. The van der Waals surface area contributed by atoms with E-state index in [1.54, 1.807) is 27.7 Å². The molecule has 12 heteroatoms. The molecule has 180 valence electrons. The molecule has 0 aromatic heterocycles. The molecule has 2 rings (SSSR count). The van der Waals surface area contributed by atoms with Gasteiger partial charge in [-0.3, -0.25) is 20.6 Å². The number of amidine groups is 1. The zero-order valence-corrected chi connectivity index (χ0v) is 20.6. The van der Waals surface area contributed by atoms with Gasteiger partial charge in [-0.25, -0.2) is 9.18 Å². The number of carbonyl (C=O) groups excluding carboxylic acids is 1. The molecule has 1 heterocycles. The highest BCUT2D eigenvalue weighted by Crippen LogP contribution is 2.32. The third-order valence-corrected chi connectivity index (χ3v) is 5.38. The van der Waals surface area contributed by atoms with Crippen molar-refractivity contribution < 1.29 is 19.1 Å². The third-order valence-electron chi connectivity index (χ3n) is 4.62. The van der Waals surface area contributed by atoms with Crippen LogP contribution in [0.4, 0.5) is 9.18 Å². The number of carbonyl (C=O) groups is 1. The van der Waals surface area contributed by atoms with Gasteiger partial charge < -0.3 is 9.64 Å². The van der Waals surface area contributed by atoms with Gasteiger partial charge in [0.25, 0.3) is 0 Å². The van der Waals surface area contributed by atoms with E-state index in [1.165, 1.54) is 24.1 Å². The largest absolute Gasteiger partial charge is 0.443 e. The van der Waals surface area contributed by atoms with Crippen LogP contribution in [0.1, 0.15) is 33.3 Å². The highest BCUT2D eigenvalue weighted by molar-refractivity contribution is 6.36. The maximum atomic E-state index is 14.0. The van der Waals surface area contributed by atoms with Gasteiger partial charge in [-0.2, -0.15) is 0 Å². The van der Waals surface area contributed by atoms with Crippen molar-refractivity contribution in [2.75, 3.05) is 20.1 Å². The minimum atomic E-state index is -0.723. The molecule has 0 saturated carbocycles. The average molecular weight is 501 g/mol. The predicted molar refractivity (Wildman–Crippen MR) is 125 cm³/mol. The van der Waals surface area contributed by atoms with Crippen molar-refractivity contribution in [3.8, 4) is 0 Å². The Balaban J connectivity index is 2.47. The highest BCUT2D eigenvalue weighted by Gasteiger charge is 2.32. The van der Waals surface area contributed by atoms with Crippen LogP contribution in [0.5, 0.6) is 0 Å². The van der Waals surface area contributed by atoms with E-state index in [9.17, 15) is 9.18 Å². The van der Waals surface area contributed by atoms with Crippen LogP contribution in [0.3, 0.4) is 0 Å². The van der Waals surface area contributed by atoms with Crippen LogP contribution in [0.2, 0.25) is 10.0 Å².